The maximum atomic E-state index is 13.8. The van der Waals surface area contributed by atoms with Gasteiger partial charge in [0.1, 0.15) is 12.9 Å². The van der Waals surface area contributed by atoms with Crippen LogP contribution >= 0.6 is 7.37 Å². The summed E-state index contributed by atoms with van der Waals surface area (Å²) >= 11 is 0. The summed E-state index contributed by atoms with van der Waals surface area (Å²) < 4.78 is 19.4. The molecular formula is C20H17O3P. The van der Waals surface area contributed by atoms with Crippen molar-refractivity contribution in [1.29, 1.82) is 0 Å². The van der Waals surface area contributed by atoms with Crippen molar-refractivity contribution in [3.8, 4) is 11.1 Å². The second kappa shape index (κ2) is 7.39. The second-order valence-electron chi connectivity index (χ2n) is 5.23. The first-order valence-electron chi connectivity index (χ1n) is 7.64. The van der Waals surface area contributed by atoms with E-state index >= 15 is 0 Å². The molecule has 0 spiro atoms. The van der Waals surface area contributed by atoms with Crippen LogP contribution in [0.2, 0.25) is 0 Å². The summed E-state index contributed by atoms with van der Waals surface area (Å²) in [5.74, 6) is 0. The van der Waals surface area contributed by atoms with Crippen LogP contribution in [0.5, 0.6) is 0 Å². The van der Waals surface area contributed by atoms with Crippen LogP contribution in [0, 0.1) is 0 Å². The van der Waals surface area contributed by atoms with Gasteiger partial charge in [-0.25, -0.2) is 0 Å². The Balaban J connectivity index is 2.20. The first-order chi connectivity index (χ1) is 11.8. The third-order valence-corrected chi connectivity index (χ3v) is 6.24. The molecule has 4 heteroatoms. The van der Waals surface area contributed by atoms with Crippen LogP contribution in [0.3, 0.4) is 0 Å². The molecule has 3 aromatic rings. The summed E-state index contributed by atoms with van der Waals surface area (Å²) in [7, 11) is -3.37. The molecule has 0 aliphatic carbocycles. The van der Waals surface area contributed by atoms with Crippen molar-refractivity contribution in [1.82, 2.24) is 0 Å². The lowest BCUT2D eigenvalue weighted by Crippen LogP contribution is -2.20. The topological polar surface area (TPSA) is 43.4 Å². The lowest BCUT2D eigenvalue weighted by atomic mass is 10.1. The molecule has 0 amide bonds. The van der Waals surface area contributed by atoms with Crippen LogP contribution in [0.1, 0.15) is 0 Å². The van der Waals surface area contributed by atoms with Gasteiger partial charge < -0.3 is 9.32 Å². The Morgan fingerprint density at radius 1 is 0.792 bits per heavy atom. The zero-order valence-electron chi connectivity index (χ0n) is 13.0. The monoisotopic (exact) mass is 336 g/mol. The van der Waals surface area contributed by atoms with Gasteiger partial charge in [0, 0.05) is 10.6 Å². The van der Waals surface area contributed by atoms with Crippen molar-refractivity contribution >= 4 is 24.3 Å². The molecule has 3 aromatic carbocycles. The lowest BCUT2D eigenvalue weighted by molar-refractivity contribution is -0.109. The van der Waals surface area contributed by atoms with Gasteiger partial charge in [-0.3, -0.25) is 4.57 Å². The average molecular weight is 336 g/mol. The second-order valence-corrected chi connectivity index (χ2v) is 7.59. The molecule has 1 atom stereocenters. The third-order valence-electron chi connectivity index (χ3n) is 3.73. The zero-order chi connectivity index (χ0) is 16.8. The number of hydrogen-bond acceptors (Lipinski definition) is 3. The molecule has 0 saturated carbocycles. The minimum absolute atomic E-state index is 0.213. The van der Waals surface area contributed by atoms with Crippen molar-refractivity contribution in [3.63, 3.8) is 0 Å². The highest BCUT2D eigenvalue weighted by Crippen LogP contribution is 2.46. The largest absolute Gasteiger partial charge is 0.314 e. The molecule has 0 N–H and O–H groups in total. The molecule has 120 valence electrons. The van der Waals surface area contributed by atoms with Gasteiger partial charge in [-0.1, -0.05) is 66.7 Å². The van der Waals surface area contributed by atoms with E-state index in [1.807, 2.05) is 66.7 Å². The first kappa shape index (κ1) is 16.4. The Hall–Kier alpha value is -2.48. The fourth-order valence-corrected chi connectivity index (χ4v) is 4.84. The number of carbonyl (C=O) groups is 1. The summed E-state index contributed by atoms with van der Waals surface area (Å²) in [6.45, 7) is -0.213. The smallest absolute Gasteiger partial charge is 0.262 e. The van der Waals surface area contributed by atoms with Crippen LogP contribution in [0.25, 0.3) is 11.1 Å². The van der Waals surface area contributed by atoms with Crippen LogP contribution in [-0.2, 0) is 13.9 Å². The summed E-state index contributed by atoms with van der Waals surface area (Å²) in [5, 5.41) is 1.18. The van der Waals surface area contributed by atoms with E-state index in [2.05, 4.69) is 0 Å². The zero-order valence-corrected chi connectivity index (χ0v) is 13.9. The molecule has 0 saturated heterocycles. The Labute approximate surface area is 141 Å². The van der Waals surface area contributed by atoms with E-state index in [0.717, 1.165) is 11.1 Å². The highest BCUT2D eigenvalue weighted by molar-refractivity contribution is 7.74. The Morgan fingerprint density at radius 3 is 2.04 bits per heavy atom. The Kier molecular flexibility index (Phi) is 5.05. The van der Waals surface area contributed by atoms with Gasteiger partial charge in [-0.05, 0) is 29.3 Å². The molecule has 0 heterocycles. The van der Waals surface area contributed by atoms with Gasteiger partial charge in [0.15, 0.2) is 0 Å². The number of benzene rings is 3. The molecule has 0 aliphatic rings. The maximum absolute atomic E-state index is 13.8. The van der Waals surface area contributed by atoms with Gasteiger partial charge in [0.2, 0.25) is 0 Å². The number of carbonyl (C=O) groups excluding carboxylic acids is 1. The molecule has 3 rings (SSSR count). The summed E-state index contributed by atoms with van der Waals surface area (Å²) in [6.07, 6.45) is 0.626. The van der Waals surface area contributed by atoms with Gasteiger partial charge in [-0.15, -0.1) is 0 Å². The van der Waals surface area contributed by atoms with E-state index in [4.69, 9.17) is 4.52 Å². The van der Waals surface area contributed by atoms with Gasteiger partial charge in [0.05, 0.1) is 0 Å². The molecule has 0 radical (unpaired) electrons. The highest BCUT2D eigenvalue weighted by Gasteiger charge is 2.31. The first-order valence-corrected chi connectivity index (χ1v) is 9.27. The normalized spacial score (nSPS) is 13.2. The van der Waals surface area contributed by atoms with Crippen molar-refractivity contribution in [2.24, 2.45) is 0 Å². The standard InChI is InChI=1S/C20H17O3P/c21-15-16-23-24(22,18-11-5-2-6-12-18)20-14-8-7-13-19(20)17-9-3-1-4-10-17/h1-15H,16H2. The number of hydrogen-bond donors (Lipinski definition) is 0. The van der Waals surface area contributed by atoms with Crippen LogP contribution in [0.15, 0.2) is 84.9 Å². The van der Waals surface area contributed by atoms with Gasteiger partial charge >= 0.3 is 0 Å². The SMILES string of the molecule is O=CCOP(=O)(c1ccccc1)c1ccccc1-c1ccccc1. The minimum atomic E-state index is -3.37. The highest BCUT2D eigenvalue weighted by atomic mass is 31.2. The van der Waals surface area contributed by atoms with Crippen LogP contribution < -0.4 is 10.6 Å². The minimum Gasteiger partial charge on any atom is -0.314 e. The van der Waals surface area contributed by atoms with E-state index < -0.39 is 7.37 Å². The van der Waals surface area contributed by atoms with Crippen molar-refractivity contribution in [2.45, 2.75) is 0 Å². The van der Waals surface area contributed by atoms with E-state index in [-0.39, 0.29) is 6.61 Å². The lowest BCUT2D eigenvalue weighted by Gasteiger charge is -2.21. The number of rotatable bonds is 6. The van der Waals surface area contributed by atoms with Crippen LogP contribution in [-0.4, -0.2) is 12.9 Å². The van der Waals surface area contributed by atoms with Gasteiger partial charge in [0.25, 0.3) is 7.37 Å². The average Bonchev–Trinajstić information content (AvgIpc) is 2.67. The van der Waals surface area contributed by atoms with Crippen LogP contribution in [0.4, 0.5) is 0 Å². The molecular weight excluding hydrogens is 319 g/mol. The molecule has 0 aliphatic heterocycles. The predicted octanol–water partition coefficient (Wildman–Crippen LogP) is 3.80. The summed E-state index contributed by atoms with van der Waals surface area (Å²) in [4.78, 5) is 10.8. The van der Waals surface area contributed by atoms with Gasteiger partial charge in [-0.2, -0.15) is 0 Å². The van der Waals surface area contributed by atoms with Crippen molar-refractivity contribution < 1.29 is 13.9 Å². The number of aldehydes is 1. The molecule has 1 unspecified atom stereocenters. The van der Waals surface area contributed by atoms with E-state index in [0.29, 0.717) is 16.9 Å². The molecule has 0 aromatic heterocycles. The molecule has 0 fully saturated rings. The van der Waals surface area contributed by atoms with Crippen molar-refractivity contribution in [2.75, 3.05) is 6.61 Å². The predicted molar refractivity (Wildman–Crippen MR) is 97.2 cm³/mol. The fourth-order valence-electron chi connectivity index (χ4n) is 2.63. The fraction of sp³-hybridized carbons (Fsp3) is 0.0500. The summed E-state index contributed by atoms with van der Waals surface area (Å²) in [5.41, 5.74) is 1.80. The molecule has 3 nitrogen and oxygen atoms in total. The quantitative estimate of drug-likeness (QED) is 0.508. The summed E-state index contributed by atoms with van der Waals surface area (Å²) in [6, 6.07) is 26.2. The van der Waals surface area contributed by atoms with E-state index in [1.54, 1.807) is 18.2 Å². The van der Waals surface area contributed by atoms with E-state index in [1.165, 1.54) is 0 Å². The maximum Gasteiger partial charge on any atom is 0.262 e. The molecule has 0 bridgehead atoms. The Bertz CT molecular complexity index is 860. The van der Waals surface area contributed by atoms with E-state index in [9.17, 15) is 9.36 Å². The van der Waals surface area contributed by atoms with Crippen molar-refractivity contribution in [3.05, 3.63) is 84.9 Å². The third kappa shape index (κ3) is 3.23. The molecule has 24 heavy (non-hydrogen) atoms. The Morgan fingerprint density at radius 2 is 1.38 bits per heavy atom.